The van der Waals surface area contributed by atoms with Gasteiger partial charge in [-0.15, -0.1) is 0 Å². The lowest BCUT2D eigenvalue weighted by Gasteiger charge is -2.27. The topological polar surface area (TPSA) is 110 Å². The van der Waals surface area contributed by atoms with Crippen LogP contribution in [0.25, 0.3) is 22.4 Å². The third-order valence-electron chi connectivity index (χ3n) is 6.54. The third kappa shape index (κ3) is 4.08. The number of rotatable bonds is 5. The molecule has 0 bridgehead atoms. The highest BCUT2D eigenvalue weighted by atomic mass is 35.5. The van der Waals surface area contributed by atoms with Crippen LogP contribution in [0.15, 0.2) is 35.1 Å². The maximum Gasteiger partial charge on any atom is 0.250 e. The summed E-state index contributed by atoms with van der Waals surface area (Å²) in [5, 5.41) is 10.1. The third-order valence-corrected chi connectivity index (χ3v) is 6.78. The van der Waals surface area contributed by atoms with Gasteiger partial charge in [0.15, 0.2) is 23.6 Å². The first-order valence-electron chi connectivity index (χ1n) is 11.3. The van der Waals surface area contributed by atoms with Gasteiger partial charge in [-0.2, -0.15) is 10.2 Å². The van der Waals surface area contributed by atoms with Crippen LogP contribution in [0.1, 0.15) is 60.5 Å². The van der Waals surface area contributed by atoms with Gasteiger partial charge in [0.1, 0.15) is 23.0 Å². The number of aryl methyl sites for hydroxylation is 1. The molecule has 1 aliphatic rings. The van der Waals surface area contributed by atoms with Gasteiger partial charge in [0.25, 0.3) is 0 Å². The molecule has 0 N–H and O–H groups in total. The van der Waals surface area contributed by atoms with E-state index in [1.807, 2.05) is 22.8 Å². The summed E-state index contributed by atoms with van der Waals surface area (Å²) in [6.45, 7) is 4.57. The zero-order valence-corrected chi connectivity index (χ0v) is 19.7. The Hall–Kier alpha value is -3.57. The highest BCUT2D eigenvalue weighted by molar-refractivity contribution is 6.30. The Balaban J connectivity index is 1.74. The SMILES string of the molecule is Cc1ocnc1C(=O)c1nc2nc(C#N)nc(-c3cccc(Cl)c3)c2n1C[C@H]1CC[C@H](C)CC1. The summed E-state index contributed by atoms with van der Waals surface area (Å²) < 4.78 is 7.18. The zero-order valence-electron chi connectivity index (χ0n) is 19.0. The largest absolute Gasteiger partial charge is 0.448 e. The fraction of sp³-hybridized carbons (Fsp3) is 0.360. The van der Waals surface area contributed by atoms with E-state index in [0.29, 0.717) is 46.0 Å². The number of aromatic nitrogens is 5. The van der Waals surface area contributed by atoms with Crippen LogP contribution in [0.5, 0.6) is 0 Å². The number of halogens is 1. The monoisotopic (exact) mass is 474 g/mol. The number of fused-ring (bicyclic) bond motifs is 1. The van der Waals surface area contributed by atoms with Crippen molar-refractivity contribution in [2.24, 2.45) is 11.8 Å². The summed E-state index contributed by atoms with van der Waals surface area (Å²) in [5.74, 6) is 1.38. The molecule has 3 aromatic heterocycles. The summed E-state index contributed by atoms with van der Waals surface area (Å²) in [7, 11) is 0. The van der Waals surface area contributed by atoms with Crippen LogP contribution >= 0.6 is 11.6 Å². The Kier molecular flexibility index (Phi) is 5.88. The Morgan fingerprint density at radius 3 is 2.71 bits per heavy atom. The fourth-order valence-electron chi connectivity index (χ4n) is 4.67. The van der Waals surface area contributed by atoms with Crippen molar-refractivity contribution in [1.82, 2.24) is 24.5 Å². The van der Waals surface area contributed by atoms with Crippen molar-refractivity contribution in [3.63, 3.8) is 0 Å². The van der Waals surface area contributed by atoms with Gasteiger partial charge in [-0.3, -0.25) is 4.79 Å². The van der Waals surface area contributed by atoms with E-state index in [1.54, 1.807) is 19.1 Å². The molecule has 0 amide bonds. The normalized spacial score (nSPS) is 18.2. The predicted molar refractivity (Wildman–Crippen MR) is 126 cm³/mol. The second-order valence-corrected chi connectivity index (χ2v) is 9.38. The molecule has 1 fully saturated rings. The van der Waals surface area contributed by atoms with Crippen molar-refractivity contribution >= 4 is 28.5 Å². The van der Waals surface area contributed by atoms with E-state index in [1.165, 1.54) is 6.39 Å². The molecule has 8 nitrogen and oxygen atoms in total. The van der Waals surface area contributed by atoms with Crippen LogP contribution in [-0.4, -0.2) is 30.3 Å². The van der Waals surface area contributed by atoms with Crippen LogP contribution in [0, 0.1) is 30.1 Å². The number of benzene rings is 1. The highest BCUT2D eigenvalue weighted by Crippen LogP contribution is 2.34. The Labute approximate surface area is 201 Å². The summed E-state index contributed by atoms with van der Waals surface area (Å²) in [6.07, 6.45) is 5.70. The number of hydrogen-bond acceptors (Lipinski definition) is 7. The molecule has 1 aliphatic carbocycles. The van der Waals surface area contributed by atoms with Crippen LogP contribution in [0.4, 0.5) is 0 Å². The smallest absolute Gasteiger partial charge is 0.250 e. The Bertz CT molecular complexity index is 1430. The van der Waals surface area contributed by atoms with Crippen molar-refractivity contribution in [2.45, 2.75) is 46.1 Å². The first-order chi connectivity index (χ1) is 16.4. The predicted octanol–water partition coefficient (Wildman–Crippen LogP) is 5.37. The molecule has 0 aliphatic heterocycles. The first-order valence-corrected chi connectivity index (χ1v) is 11.7. The van der Waals surface area contributed by atoms with Gasteiger partial charge in [0.2, 0.25) is 11.6 Å². The van der Waals surface area contributed by atoms with Gasteiger partial charge in [-0.05, 0) is 43.7 Å². The molecule has 172 valence electrons. The van der Waals surface area contributed by atoms with Gasteiger partial charge in [0, 0.05) is 17.1 Å². The zero-order chi connectivity index (χ0) is 23.8. The summed E-state index contributed by atoms with van der Waals surface area (Å²) >= 11 is 6.27. The van der Waals surface area contributed by atoms with E-state index >= 15 is 0 Å². The molecule has 0 saturated heterocycles. The van der Waals surface area contributed by atoms with E-state index in [4.69, 9.17) is 16.0 Å². The summed E-state index contributed by atoms with van der Waals surface area (Å²) in [5.41, 5.74) is 2.38. The van der Waals surface area contributed by atoms with Crippen LogP contribution < -0.4 is 0 Å². The molecular weight excluding hydrogens is 452 g/mol. The summed E-state index contributed by atoms with van der Waals surface area (Å²) in [4.78, 5) is 31.1. The molecule has 0 radical (unpaired) electrons. The second kappa shape index (κ2) is 8.99. The number of carbonyl (C=O) groups is 1. The molecule has 0 spiro atoms. The lowest BCUT2D eigenvalue weighted by molar-refractivity contribution is 0.101. The maximum atomic E-state index is 13.5. The molecule has 1 aromatic carbocycles. The van der Waals surface area contributed by atoms with E-state index in [-0.39, 0.29) is 23.1 Å². The van der Waals surface area contributed by atoms with Gasteiger partial charge >= 0.3 is 0 Å². The van der Waals surface area contributed by atoms with E-state index < -0.39 is 0 Å². The molecular formula is C25H23ClN6O2. The quantitative estimate of drug-likeness (QED) is 0.357. The highest BCUT2D eigenvalue weighted by Gasteiger charge is 2.29. The molecule has 4 aromatic rings. The number of oxazole rings is 1. The average molecular weight is 475 g/mol. The number of carbonyl (C=O) groups excluding carboxylic acids is 1. The van der Waals surface area contributed by atoms with Gasteiger partial charge in [0.05, 0.1) is 0 Å². The number of nitriles is 1. The average Bonchev–Trinajstić information content (AvgIpc) is 3.43. The minimum Gasteiger partial charge on any atom is -0.448 e. The molecule has 9 heteroatoms. The van der Waals surface area contributed by atoms with Crippen molar-refractivity contribution in [1.29, 1.82) is 5.26 Å². The van der Waals surface area contributed by atoms with Crippen LogP contribution in [-0.2, 0) is 6.54 Å². The van der Waals surface area contributed by atoms with Gasteiger partial charge < -0.3 is 8.98 Å². The van der Waals surface area contributed by atoms with E-state index in [2.05, 4.69) is 26.9 Å². The molecule has 34 heavy (non-hydrogen) atoms. The van der Waals surface area contributed by atoms with Crippen LogP contribution in [0.3, 0.4) is 0 Å². The molecule has 0 unspecified atom stereocenters. The number of hydrogen-bond donors (Lipinski definition) is 0. The van der Waals surface area contributed by atoms with Gasteiger partial charge in [-0.1, -0.05) is 43.5 Å². The molecule has 5 rings (SSSR count). The number of nitrogens with zero attached hydrogens (tertiary/aromatic N) is 6. The first kappa shape index (κ1) is 22.2. The molecule has 0 atom stereocenters. The van der Waals surface area contributed by atoms with Crippen molar-refractivity contribution in [3.05, 3.63) is 58.8 Å². The maximum absolute atomic E-state index is 13.5. The summed E-state index contributed by atoms with van der Waals surface area (Å²) in [6, 6.07) is 9.27. The van der Waals surface area contributed by atoms with E-state index in [0.717, 1.165) is 31.2 Å². The molecule has 1 saturated carbocycles. The lowest BCUT2D eigenvalue weighted by Crippen LogP contribution is -2.21. The minimum absolute atomic E-state index is 0.0183. The number of imidazole rings is 1. The van der Waals surface area contributed by atoms with Crippen molar-refractivity contribution < 1.29 is 9.21 Å². The van der Waals surface area contributed by atoms with Crippen molar-refractivity contribution in [3.8, 4) is 17.3 Å². The lowest BCUT2D eigenvalue weighted by atomic mass is 9.83. The van der Waals surface area contributed by atoms with E-state index in [9.17, 15) is 10.1 Å². The fourth-order valence-corrected chi connectivity index (χ4v) is 4.86. The second-order valence-electron chi connectivity index (χ2n) is 8.95. The standard InChI is InChI=1S/C25H23ClN6O2/c1-14-6-8-16(9-7-14)12-32-22-21(17-4-3-5-18(26)10-17)29-19(11-27)30-24(22)31-25(32)23(33)20-15(2)34-13-28-20/h3-5,10,13-14,16H,6-9,12H2,1-2H3/t14-,16-. The van der Waals surface area contributed by atoms with Crippen molar-refractivity contribution in [2.75, 3.05) is 0 Å². The Morgan fingerprint density at radius 2 is 2.03 bits per heavy atom. The Morgan fingerprint density at radius 1 is 1.24 bits per heavy atom. The molecule has 3 heterocycles. The minimum atomic E-state index is -0.344. The van der Waals surface area contributed by atoms with Gasteiger partial charge in [-0.25, -0.2) is 15.0 Å². The van der Waals surface area contributed by atoms with Crippen LogP contribution in [0.2, 0.25) is 5.02 Å². The number of ketones is 1.